The zero-order chi connectivity index (χ0) is 13.7. The summed E-state index contributed by atoms with van der Waals surface area (Å²) in [6, 6.07) is 1.93. The van der Waals surface area contributed by atoms with Gasteiger partial charge < -0.3 is 0 Å². The Labute approximate surface area is 108 Å². The summed E-state index contributed by atoms with van der Waals surface area (Å²) in [6.45, 7) is 15.7. The molecule has 0 atom stereocenters. The molecule has 0 saturated carbocycles. The van der Waals surface area contributed by atoms with Crippen molar-refractivity contribution in [2.24, 2.45) is 0 Å². The topological polar surface area (TPSA) is 43.1 Å². The molecule has 96 valence electrons. The molecular weight excluding hydrogens is 224 g/mol. The maximum absolute atomic E-state index is 4.32. The van der Waals surface area contributed by atoms with E-state index in [2.05, 4.69) is 35.1 Å². The normalized spacial score (nSPS) is 9.78. The Morgan fingerprint density at radius 2 is 2.06 bits per heavy atom. The third-order valence-electron chi connectivity index (χ3n) is 2.44. The molecule has 4 nitrogen and oxygen atoms in total. The highest BCUT2D eigenvalue weighted by Gasteiger charge is 2.09. The second-order valence-electron chi connectivity index (χ2n) is 3.60. The van der Waals surface area contributed by atoms with Gasteiger partial charge in [-0.1, -0.05) is 33.9 Å². The van der Waals surface area contributed by atoms with Crippen LogP contribution in [0.15, 0.2) is 19.2 Å². The second kappa shape index (κ2) is 6.10. The van der Waals surface area contributed by atoms with Crippen molar-refractivity contribution < 1.29 is 0 Å². The first kappa shape index (κ1) is 14.1. The van der Waals surface area contributed by atoms with Crippen LogP contribution in [-0.4, -0.2) is 19.6 Å². The Kier molecular flexibility index (Phi) is 4.77. The highest BCUT2D eigenvalue weighted by atomic mass is 15.3. The fourth-order valence-corrected chi connectivity index (χ4v) is 1.52. The van der Waals surface area contributed by atoms with Crippen molar-refractivity contribution >= 4 is 17.4 Å². The van der Waals surface area contributed by atoms with E-state index >= 15 is 0 Å². The quantitative estimate of drug-likeness (QED) is 0.829. The Bertz CT molecular complexity index is 566. The van der Waals surface area contributed by atoms with Gasteiger partial charge in [-0.2, -0.15) is 9.50 Å². The molecule has 4 heteroatoms. The molecule has 0 amide bonds. The predicted octanol–water partition coefficient (Wildman–Crippen LogP) is 3.53. The number of nitrogens with zero attached hydrogens (tertiary/aromatic N) is 4. The van der Waals surface area contributed by atoms with Crippen molar-refractivity contribution in [3.8, 4) is 0 Å². The van der Waals surface area contributed by atoms with E-state index in [0.717, 1.165) is 23.4 Å². The molecule has 2 aromatic heterocycles. The maximum Gasteiger partial charge on any atom is 0.253 e. The van der Waals surface area contributed by atoms with E-state index in [0.29, 0.717) is 11.6 Å². The lowest BCUT2D eigenvalue weighted by molar-refractivity contribution is 0.892. The van der Waals surface area contributed by atoms with Crippen molar-refractivity contribution in [2.75, 3.05) is 0 Å². The maximum atomic E-state index is 4.32. The van der Waals surface area contributed by atoms with Gasteiger partial charge in [0, 0.05) is 0 Å². The number of hydrogen-bond acceptors (Lipinski definition) is 3. The molecule has 0 aliphatic carbocycles. The number of aryl methyl sites for hydroxylation is 1. The van der Waals surface area contributed by atoms with Crippen LogP contribution in [0.2, 0.25) is 0 Å². The summed E-state index contributed by atoms with van der Waals surface area (Å²) in [7, 11) is 0. The van der Waals surface area contributed by atoms with E-state index in [1.807, 2.05) is 26.8 Å². The first-order valence-electron chi connectivity index (χ1n) is 6.20. The van der Waals surface area contributed by atoms with Crippen LogP contribution in [0.5, 0.6) is 0 Å². The Morgan fingerprint density at radius 1 is 1.39 bits per heavy atom. The number of hydrogen-bond donors (Lipinski definition) is 0. The molecule has 0 aliphatic rings. The molecular formula is C14H20N4. The monoisotopic (exact) mass is 244 g/mol. The van der Waals surface area contributed by atoms with E-state index in [-0.39, 0.29) is 0 Å². The Balaban J connectivity index is 0.000000771. The number of aromatic nitrogens is 4. The van der Waals surface area contributed by atoms with Gasteiger partial charge in [0.15, 0.2) is 0 Å². The largest absolute Gasteiger partial charge is 0.253 e. The highest BCUT2D eigenvalue weighted by molar-refractivity contribution is 5.64. The van der Waals surface area contributed by atoms with Crippen molar-refractivity contribution in [3.63, 3.8) is 0 Å². The second-order valence-corrected chi connectivity index (χ2v) is 3.60. The van der Waals surface area contributed by atoms with Crippen LogP contribution in [-0.2, 0) is 0 Å². The van der Waals surface area contributed by atoms with E-state index < -0.39 is 0 Å². The number of allylic oxidation sites excluding steroid dienone is 1. The number of fused-ring (bicyclic) bond motifs is 1. The summed E-state index contributed by atoms with van der Waals surface area (Å²) < 4.78 is 1.73. The zero-order valence-electron chi connectivity index (χ0n) is 11.6. The van der Waals surface area contributed by atoms with Crippen LogP contribution in [0, 0.1) is 6.92 Å². The van der Waals surface area contributed by atoms with Crippen molar-refractivity contribution in [1.82, 2.24) is 19.6 Å². The van der Waals surface area contributed by atoms with Gasteiger partial charge >= 0.3 is 0 Å². The van der Waals surface area contributed by atoms with Gasteiger partial charge in [0.05, 0.1) is 11.4 Å². The zero-order valence-corrected chi connectivity index (χ0v) is 11.6. The number of rotatable bonds is 3. The fourth-order valence-electron chi connectivity index (χ4n) is 1.52. The lowest BCUT2D eigenvalue weighted by Gasteiger charge is -2.05. The highest BCUT2D eigenvalue weighted by Crippen LogP contribution is 2.17. The lowest BCUT2D eigenvalue weighted by atomic mass is 10.1. The molecule has 2 rings (SSSR count). The molecule has 0 unspecified atom stereocenters. The molecule has 18 heavy (non-hydrogen) atoms. The van der Waals surface area contributed by atoms with E-state index in [1.165, 1.54) is 0 Å². The summed E-state index contributed by atoms with van der Waals surface area (Å²) >= 11 is 0. The van der Waals surface area contributed by atoms with Gasteiger partial charge in [-0.25, -0.2) is 4.98 Å². The van der Waals surface area contributed by atoms with Crippen molar-refractivity contribution in [2.45, 2.75) is 34.1 Å². The smallest absolute Gasteiger partial charge is 0.212 e. The summed E-state index contributed by atoms with van der Waals surface area (Å²) in [5.74, 6) is 1.30. The van der Waals surface area contributed by atoms with Crippen LogP contribution in [0.25, 0.3) is 17.4 Å². The third kappa shape index (κ3) is 2.64. The third-order valence-corrected chi connectivity index (χ3v) is 2.44. The molecule has 0 N–H and O–H groups in total. The van der Waals surface area contributed by atoms with Gasteiger partial charge in [-0.3, -0.25) is 0 Å². The SMILES string of the molecule is C=Cc1cc(C(=C)CC)n2nc(C)nc2n1.CC. The van der Waals surface area contributed by atoms with Crippen LogP contribution >= 0.6 is 0 Å². The first-order chi connectivity index (χ1) is 8.65. The average molecular weight is 244 g/mol. The molecule has 2 heterocycles. The van der Waals surface area contributed by atoms with Crippen LogP contribution in [0.4, 0.5) is 0 Å². The van der Waals surface area contributed by atoms with Gasteiger partial charge in [-0.05, 0) is 31.1 Å². The molecule has 0 fully saturated rings. The van der Waals surface area contributed by atoms with Crippen LogP contribution in [0.3, 0.4) is 0 Å². The molecule has 0 aromatic carbocycles. The van der Waals surface area contributed by atoms with Gasteiger partial charge in [0.1, 0.15) is 5.82 Å². The van der Waals surface area contributed by atoms with E-state index in [4.69, 9.17) is 0 Å². The van der Waals surface area contributed by atoms with Crippen molar-refractivity contribution in [3.05, 3.63) is 36.4 Å². The standard InChI is InChI=1S/C12H14N4.C2H6/c1-5-8(3)11-7-10(6-2)14-12-13-9(4)15-16(11)12;1-2/h6-7H,2-3,5H2,1,4H3;1-2H3. The minimum atomic E-state index is 0.597. The van der Waals surface area contributed by atoms with Gasteiger partial charge in [0.25, 0.3) is 5.78 Å². The molecule has 0 aliphatic heterocycles. The first-order valence-corrected chi connectivity index (χ1v) is 6.20. The lowest BCUT2D eigenvalue weighted by Crippen LogP contribution is -2.01. The predicted molar refractivity (Wildman–Crippen MR) is 76.3 cm³/mol. The molecule has 0 saturated heterocycles. The van der Waals surface area contributed by atoms with Crippen LogP contribution < -0.4 is 0 Å². The molecule has 0 spiro atoms. The van der Waals surface area contributed by atoms with Crippen molar-refractivity contribution in [1.29, 1.82) is 0 Å². The molecule has 0 bridgehead atoms. The minimum Gasteiger partial charge on any atom is -0.212 e. The van der Waals surface area contributed by atoms with Gasteiger partial charge in [0.2, 0.25) is 0 Å². The van der Waals surface area contributed by atoms with Crippen LogP contribution in [0.1, 0.15) is 44.4 Å². The molecule has 2 aromatic rings. The minimum absolute atomic E-state index is 0.597. The Morgan fingerprint density at radius 3 is 2.61 bits per heavy atom. The summed E-state index contributed by atoms with van der Waals surface area (Å²) in [5.41, 5.74) is 2.76. The summed E-state index contributed by atoms with van der Waals surface area (Å²) in [6.07, 6.45) is 2.57. The summed E-state index contributed by atoms with van der Waals surface area (Å²) in [4.78, 5) is 8.57. The van der Waals surface area contributed by atoms with E-state index in [1.54, 1.807) is 10.6 Å². The van der Waals surface area contributed by atoms with E-state index in [9.17, 15) is 0 Å². The molecule has 0 radical (unpaired) electrons. The Hall–Kier alpha value is -1.97. The summed E-state index contributed by atoms with van der Waals surface area (Å²) in [5, 5.41) is 4.31. The fraction of sp³-hybridized carbons (Fsp3) is 0.357. The average Bonchev–Trinajstić information content (AvgIpc) is 2.78. The van der Waals surface area contributed by atoms with Gasteiger partial charge in [-0.15, -0.1) is 5.10 Å².